The quantitative estimate of drug-likeness (QED) is 0.650. The summed E-state index contributed by atoms with van der Waals surface area (Å²) in [5.41, 5.74) is 5.52. The lowest BCUT2D eigenvalue weighted by atomic mass is 10.2. The van der Waals surface area contributed by atoms with Gasteiger partial charge < -0.3 is 16.0 Å². The predicted molar refractivity (Wildman–Crippen MR) is 63.8 cm³/mol. The fourth-order valence-corrected chi connectivity index (χ4v) is 1.32. The minimum atomic E-state index is -0.550. The van der Waals surface area contributed by atoms with Gasteiger partial charge in [0.2, 0.25) is 11.8 Å². The Morgan fingerprint density at radius 1 is 1.31 bits per heavy atom. The van der Waals surface area contributed by atoms with E-state index >= 15 is 0 Å². The molecule has 0 aromatic carbocycles. The Bertz CT molecular complexity index is 229. The lowest BCUT2D eigenvalue weighted by Gasteiger charge is -2.23. The molecule has 3 N–H and O–H groups in total. The number of hydrogen-bond acceptors (Lipinski definition) is 3. The smallest absolute Gasteiger partial charge is 0.239 e. The topological polar surface area (TPSA) is 75.4 Å². The van der Waals surface area contributed by atoms with Crippen molar-refractivity contribution in [3.8, 4) is 0 Å². The molecule has 0 aliphatic rings. The van der Waals surface area contributed by atoms with Crippen molar-refractivity contribution < 1.29 is 9.59 Å². The van der Waals surface area contributed by atoms with Gasteiger partial charge in [0, 0.05) is 13.1 Å². The summed E-state index contributed by atoms with van der Waals surface area (Å²) in [6, 6.07) is -0.550. The third kappa shape index (κ3) is 5.70. The molecule has 0 spiro atoms. The Kier molecular flexibility index (Phi) is 7.54. The van der Waals surface area contributed by atoms with Crippen LogP contribution in [0.2, 0.25) is 0 Å². The number of carbonyl (C=O) groups excluding carboxylic acids is 2. The molecule has 5 nitrogen and oxygen atoms in total. The summed E-state index contributed by atoms with van der Waals surface area (Å²) in [6.07, 6.45) is 1.71. The number of amides is 2. The fraction of sp³-hybridized carbons (Fsp3) is 0.818. The maximum absolute atomic E-state index is 11.7. The van der Waals surface area contributed by atoms with Crippen molar-refractivity contribution >= 4 is 11.8 Å². The molecule has 1 atom stereocenters. The molecule has 0 saturated heterocycles. The highest BCUT2D eigenvalue weighted by Crippen LogP contribution is 1.95. The first-order chi connectivity index (χ1) is 7.52. The summed E-state index contributed by atoms with van der Waals surface area (Å²) >= 11 is 0. The summed E-state index contributed by atoms with van der Waals surface area (Å²) in [5, 5.41) is 2.74. The average molecular weight is 229 g/mol. The van der Waals surface area contributed by atoms with Crippen LogP contribution in [0.5, 0.6) is 0 Å². The van der Waals surface area contributed by atoms with Crippen molar-refractivity contribution in [1.29, 1.82) is 0 Å². The SMILES string of the molecule is CCCNC(=O)CN(CCC)C(=O)[C@@H](C)N. The predicted octanol–water partition coefficient (Wildman–Crippen LogP) is 0.0984. The van der Waals surface area contributed by atoms with Gasteiger partial charge in [0.1, 0.15) is 0 Å². The van der Waals surface area contributed by atoms with Gasteiger partial charge in [-0.3, -0.25) is 9.59 Å². The summed E-state index contributed by atoms with van der Waals surface area (Å²) in [6.45, 7) is 6.90. The van der Waals surface area contributed by atoms with Crippen molar-refractivity contribution in [2.75, 3.05) is 19.6 Å². The molecule has 16 heavy (non-hydrogen) atoms. The number of carbonyl (C=O) groups is 2. The van der Waals surface area contributed by atoms with Crippen molar-refractivity contribution in [3.63, 3.8) is 0 Å². The maximum Gasteiger partial charge on any atom is 0.239 e. The Hall–Kier alpha value is -1.10. The molecule has 0 rings (SSSR count). The molecule has 2 amide bonds. The van der Waals surface area contributed by atoms with E-state index in [1.54, 1.807) is 6.92 Å². The van der Waals surface area contributed by atoms with Gasteiger partial charge in [0.25, 0.3) is 0 Å². The minimum Gasteiger partial charge on any atom is -0.355 e. The molecule has 0 radical (unpaired) electrons. The van der Waals surface area contributed by atoms with Gasteiger partial charge in [-0.2, -0.15) is 0 Å². The summed E-state index contributed by atoms with van der Waals surface area (Å²) in [5.74, 6) is -0.294. The molecular weight excluding hydrogens is 206 g/mol. The molecular formula is C11H23N3O2. The summed E-state index contributed by atoms with van der Waals surface area (Å²) in [4.78, 5) is 24.6. The molecule has 0 aromatic heterocycles. The number of hydrogen-bond donors (Lipinski definition) is 2. The van der Waals surface area contributed by atoms with E-state index < -0.39 is 6.04 Å². The van der Waals surface area contributed by atoms with E-state index in [2.05, 4.69) is 5.32 Å². The van der Waals surface area contributed by atoms with Crippen LogP contribution in [0.15, 0.2) is 0 Å². The zero-order chi connectivity index (χ0) is 12.6. The third-order valence-corrected chi connectivity index (χ3v) is 2.10. The molecule has 0 unspecified atom stereocenters. The van der Waals surface area contributed by atoms with E-state index in [9.17, 15) is 9.59 Å². The number of nitrogens with one attached hydrogen (secondary N) is 1. The van der Waals surface area contributed by atoms with Gasteiger partial charge >= 0.3 is 0 Å². The molecule has 0 aliphatic carbocycles. The third-order valence-electron chi connectivity index (χ3n) is 2.10. The van der Waals surface area contributed by atoms with Gasteiger partial charge in [0.05, 0.1) is 12.6 Å². The van der Waals surface area contributed by atoms with E-state index in [-0.39, 0.29) is 18.4 Å². The first kappa shape index (κ1) is 14.9. The molecule has 5 heteroatoms. The fourth-order valence-electron chi connectivity index (χ4n) is 1.32. The molecule has 94 valence electrons. The molecule has 0 aliphatic heterocycles. The first-order valence-electron chi connectivity index (χ1n) is 5.83. The van der Waals surface area contributed by atoms with Crippen LogP contribution in [0.1, 0.15) is 33.6 Å². The zero-order valence-electron chi connectivity index (χ0n) is 10.5. The Labute approximate surface area is 97.4 Å². The highest BCUT2D eigenvalue weighted by Gasteiger charge is 2.18. The summed E-state index contributed by atoms with van der Waals surface area (Å²) < 4.78 is 0. The van der Waals surface area contributed by atoms with Crippen LogP contribution in [0.25, 0.3) is 0 Å². The molecule has 0 saturated carbocycles. The molecule has 0 aromatic rings. The minimum absolute atomic E-state index is 0.105. The van der Waals surface area contributed by atoms with Crippen LogP contribution in [0, 0.1) is 0 Å². The Balaban J connectivity index is 4.22. The van der Waals surface area contributed by atoms with Crippen molar-refractivity contribution in [2.24, 2.45) is 5.73 Å². The van der Waals surface area contributed by atoms with E-state index in [1.165, 1.54) is 4.90 Å². The van der Waals surface area contributed by atoms with Gasteiger partial charge in [0.15, 0.2) is 0 Å². The van der Waals surface area contributed by atoms with Crippen LogP contribution in [0.4, 0.5) is 0 Å². The van der Waals surface area contributed by atoms with Gasteiger partial charge in [-0.25, -0.2) is 0 Å². The first-order valence-corrected chi connectivity index (χ1v) is 5.83. The normalized spacial score (nSPS) is 12.0. The second-order valence-electron chi connectivity index (χ2n) is 3.90. The monoisotopic (exact) mass is 229 g/mol. The largest absolute Gasteiger partial charge is 0.355 e. The lowest BCUT2D eigenvalue weighted by Crippen LogP contribution is -2.47. The van der Waals surface area contributed by atoms with E-state index in [1.807, 2.05) is 13.8 Å². The highest BCUT2D eigenvalue weighted by molar-refractivity contribution is 5.87. The van der Waals surface area contributed by atoms with E-state index in [4.69, 9.17) is 5.73 Å². The highest BCUT2D eigenvalue weighted by atomic mass is 16.2. The zero-order valence-corrected chi connectivity index (χ0v) is 10.5. The van der Waals surface area contributed by atoms with Gasteiger partial charge in [-0.15, -0.1) is 0 Å². The van der Waals surface area contributed by atoms with Crippen LogP contribution < -0.4 is 11.1 Å². The number of rotatable bonds is 7. The number of nitrogens with zero attached hydrogens (tertiary/aromatic N) is 1. The Morgan fingerprint density at radius 3 is 2.38 bits per heavy atom. The van der Waals surface area contributed by atoms with Crippen LogP contribution in [0.3, 0.4) is 0 Å². The second kappa shape index (κ2) is 8.10. The van der Waals surface area contributed by atoms with Crippen molar-refractivity contribution in [3.05, 3.63) is 0 Å². The molecule has 0 bridgehead atoms. The van der Waals surface area contributed by atoms with Crippen LogP contribution in [-0.2, 0) is 9.59 Å². The second-order valence-corrected chi connectivity index (χ2v) is 3.90. The van der Waals surface area contributed by atoms with Crippen LogP contribution >= 0.6 is 0 Å². The standard InChI is InChI=1S/C11H23N3O2/c1-4-6-13-10(15)8-14(7-5-2)11(16)9(3)12/h9H,4-8,12H2,1-3H3,(H,13,15)/t9-/m1/s1. The van der Waals surface area contributed by atoms with Crippen molar-refractivity contribution in [2.45, 2.75) is 39.7 Å². The lowest BCUT2D eigenvalue weighted by molar-refractivity contribution is -0.136. The van der Waals surface area contributed by atoms with Crippen LogP contribution in [-0.4, -0.2) is 42.4 Å². The van der Waals surface area contributed by atoms with E-state index in [0.29, 0.717) is 13.1 Å². The van der Waals surface area contributed by atoms with Crippen molar-refractivity contribution in [1.82, 2.24) is 10.2 Å². The molecule has 0 heterocycles. The number of nitrogens with two attached hydrogens (primary N) is 1. The van der Waals surface area contributed by atoms with Gasteiger partial charge in [-0.1, -0.05) is 13.8 Å². The maximum atomic E-state index is 11.7. The summed E-state index contributed by atoms with van der Waals surface area (Å²) in [7, 11) is 0. The van der Waals surface area contributed by atoms with Gasteiger partial charge in [-0.05, 0) is 19.8 Å². The Morgan fingerprint density at radius 2 is 1.94 bits per heavy atom. The molecule has 0 fully saturated rings. The van der Waals surface area contributed by atoms with E-state index in [0.717, 1.165) is 12.8 Å². The average Bonchev–Trinajstić information content (AvgIpc) is 2.24.